The third kappa shape index (κ3) is 3.12. The summed E-state index contributed by atoms with van der Waals surface area (Å²) >= 11 is 0. The SMILES string of the molecule is COC(=O)C1CC(Nc2ncc(C(F)(F)F)cn2)C1. The van der Waals surface area contributed by atoms with Crippen LogP contribution in [0.15, 0.2) is 12.4 Å². The fraction of sp³-hybridized carbons (Fsp3) is 0.545. The Balaban J connectivity index is 1.87. The number of anilines is 1. The average Bonchev–Trinajstić information content (AvgIpc) is 2.32. The smallest absolute Gasteiger partial charge is 0.419 e. The molecule has 8 heteroatoms. The van der Waals surface area contributed by atoms with Crippen LogP contribution in [0.2, 0.25) is 0 Å². The van der Waals surface area contributed by atoms with Gasteiger partial charge in [-0.2, -0.15) is 13.2 Å². The summed E-state index contributed by atoms with van der Waals surface area (Å²) in [6.45, 7) is 0. The van der Waals surface area contributed by atoms with Crippen molar-refractivity contribution in [2.24, 2.45) is 5.92 Å². The van der Waals surface area contributed by atoms with Crippen molar-refractivity contribution in [2.75, 3.05) is 12.4 Å². The molecule has 0 atom stereocenters. The Morgan fingerprint density at radius 3 is 2.42 bits per heavy atom. The monoisotopic (exact) mass is 275 g/mol. The predicted octanol–water partition coefficient (Wildman–Crippen LogP) is 1.86. The Morgan fingerprint density at radius 1 is 1.37 bits per heavy atom. The van der Waals surface area contributed by atoms with Crippen LogP contribution in [0.3, 0.4) is 0 Å². The average molecular weight is 275 g/mol. The van der Waals surface area contributed by atoms with E-state index < -0.39 is 11.7 Å². The second-order valence-electron chi connectivity index (χ2n) is 4.33. The van der Waals surface area contributed by atoms with Gasteiger partial charge < -0.3 is 10.1 Å². The number of halogens is 3. The molecule has 1 aromatic rings. The summed E-state index contributed by atoms with van der Waals surface area (Å²) in [6, 6.07) is -0.0131. The van der Waals surface area contributed by atoms with Gasteiger partial charge in [0.2, 0.25) is 5.95 Å². The molecule has 0 radical (unpaired) electrons. The lowest BCUT2D eigenvalue weighted by atomic mass is 9.80. The molecule has 0 amide bonds. The lowest BCUT2D eigenvalue weighted by Crippen LogP contribution is -2.40. The molecule has 1 aromatic heterocycles. The van der Waals surface area contributed by atoms with Gasteiger partial charge in [-0.3, -0.25) is 4.79 Å². The van der Waals surface area contributed by atoms with Gasteiger partial charge >= 0.3 is 12.1 Å². The van der Waals surface area contributed by atoms with Gasteiger partial charge in [0, 0.05) is 18.4 Å². The molecule has 0 spiro atoms. The zero-order valence-electron chi connectivity index (χ0n) is 10.1. The van der Waals surface area contributed by atoms with E-state index in [1.54, 1.807) is 0 Å². The maximum Gasteiger partial charge on any atom is 0.419 e. The molecule has 1 aliphatic rings. The Bertz CT molecular complexity index is 455. The molecule has 0 aliphatic heterocycles. The fourth-order valence-corrected chi connectivity index (χ4v) is 1.83. The number of nitrogens with zero attached hydrogens (tertiary/aromatic N) is 2. The number of rotatable bonds is 3. The molecule has 104 valence electrons. The summed E-state index contributed by atoms with van der Waals surface area (Å²) in [5.41, 5.74) is -0.890. The van der Waals surface area contributed by atoms with Gasteiger partial charge in [-0.15, -0.1) is 0 Å². The van der Waals surface area contributed by atoms with E-state index in [1.165, 1.54) is 7.11 Å². The van der Waals surface area contributed by atoms with Crippen LogP contribution in [-0.2, 0) is 15.7 Å². The molecule has 19 heavy (non-hydrogen) atoms. The summed E-state index contributed by atoms with van der Waals surface area (Å²) in [5, 5.41) is 2.87. The van der Waals surface area contributed by atoms with Crippen molar-refractivity contribution in [1.82, 2.24) is 9.97 Å². The standard InChI is InChI=1S/C11H12F3N3O2/c1-19-9(18)6-2-8(3-6)17-10-15-4-7(5-16-10)11(12,13)14/h4-6,8H,2-3H2,1H3,(H,15,16,17). The molecule has 1 N–H and O–H groups in total. The highest BCUT2D eigenvalue weighted by Crippen LogP contribution is 2.31. The van der Waals surface area contributed by atoms with Crippen LogP contribution in [0.5, 0.6) is 0 Å². The molecular weight excluding hydrogens is 263 g/mol. The van der Waals surface area contributed by atoms with Crippen LogP contribution >= 0.6 is 0 Å². The summed E-state index contributed by atoms with van der Waals surface area (Å²) in [6.07, 6.45) is -1.85. The number of hydrogen-bond donors (Lipinski definition) is 1. The van der Waals surface area contributed by atoms with E-state index >= 15 is 0 Å². The second-order valence-corrected chi connectivity index (χ2v) is 4.33. The lowest BCUT2D eigenvalue weighted by Gasteiger charge is -2.33. The molecule has 1 heterocycles. The van der Waals surface area contributed by atoms with E-state index in [1.807, 2.05) is 0 Å². The lowest BCUT2D eigenvalue weighted by molar-refractivity contribution is -0.148. The maximum atomic E-state index is 12.3. The minimum absolute atomic E-state index is 0.0131. The molecule has 5 nitrogen and oxygen atoms in total. The number of esters is 1. The van der Waals surface area contributed by atoms with Gasteiger partial charge in [-0.1, -0.05) is 0 Å². The number of carbonyl (C=O) groups is 1. The molecule has 0 unspecified atom stereocenters. The minimum Gasteiger partial charge on any atom is -0.469 e. The zero-order chi connectivity index (χ0) is 14.0. The first-order chi connectivity index (χ1) is 8.90. The van der Waals surface area contributed by atoms with Crippen molar-refractivity contribution in [3.63, 3.8) is 0 Å². The molecule has 0 aromatic carbocycles. The Morgan fingerprint density at radius 2 is 1.95 bits per heavy atom. The van der Waals surface area contributed by atoms with Crippen LogP contribution in [0, 0.1) is 5.92 Å². The zero-order valence-corrected chi connectivity index (χ0v) is 10.1. The van der Waals surface area contributed by atoms with Crippen molar-refractivity contribution < 1.29 is 22.7 Å². The number of nitrogens with one attached hydrogen (secondary N) is 1. The van der Waals surface area contributed by atoms with Crippen molar-refractivity contribution >= 4 is 11.9 Å². The number of ether oxygens (including phenoxy) is 1. The van der Waals surface area contributed by atoms with Crippen molar-refractivity contribution in [3.8, 4) is 0 Å². The second kappa shape index (κ2) is 5.02. The summed E-state index contributed by atoms with van der Waals surface area (Å²) < 4.78 is 41.4. The number of hydrogen-bond acceptors (Lipinski definition) is 5. The van der Waals surface area contributed by atoms with E-state index in [0.717, 1.165) is 12.4 Å². The summed E-state index contributed by atoms with van der Waals surface area (Å²) in [4.78, 5) is 18.3. The fourth-order valence-electron chi connectivity index (χ4n) is 1.83. The van der Waals surface area contributed by atoms with Gasteiger partial charge in [-0.25, -0.2) is 9.97 Å². The summed E-state index contributed by atoms with van der Waals surface area (Å²) in [7, 11) is 1.32. The normalized spacial score (nSPS) is 22.5. The largest absolute Gasteiger partial charge is 0.469 e. The van der Waals surface area contributed by atoms with Crippen LogP contribution in [0.4, 0.5) is 19.1 Å². The molecular formula is C11H12F3N3O2. The highest BCUT2D eigenvalue weighted by atomic mass is 19.4. The van der Waals surface area contributed by atoms with Crippen LogP contribution in [0.1, 0.15) is 18.4 Å². The Kier molecular flexibility index (Phi) is 3.59. The highest BCUT2D eigenvalue weighted by molar-refractivity contribution is 5.73. The number of aromatic nitrogens is 2. The molecule has 2 rings (SSSR count). The first kappa shape index (κ1) is 13.6. The van der Waals surface area contributed by atoms with Crippen molar-refractivity contribution in [2.45, 2.75) is 25.1 Å². The molecule has 1 saturated carbocycles. The third-order valence-electron chi connectivity index (χ3n) is 2.98. The van der Waals surface area contributed by atoms with Gasteiger partial charge in [-0.05, 0) is 12.8 Å². The van der Waals surface area contributed by atoms with Crippen LogP contribution in [-0.4, -0.2) is 29.1 Å². The molecule has 1 fully saturated rings. The summed E-state index contributed by atoms with van der Waals surface area (Å²) in [5.74, 6) is -0.301. The van der Waals surface area contributed by atoms with E-state index in [2.05, 4.69) is 20.0 Å². The Labute approximate surface area is 107 Å². The van der Waals surface area contributed by atoms with Crippen molar-refractivity contribution in [1.29, 1.82) is 0 Å². The number of alkyl halides is 3. The quantitative estimate of drug-likeness (QED) is 0.853. The highest BCUT2D eigenvalue weighted by Gasteiger charge is 2.36. The van der Waals surface area contributed by atoms with E-state index in [0.29, 0.717) is 12.8 Å². The maximum absolute atomic E-state index is 12.3. The minimum atomic E-state index is -4.44. The first-order valence-corrected chi connectivity index (χ1v) is 5.63. The van der Waals surface area contributed by atoms with Gasteiger partial charge in [0.25, 0.3) is 0 Å². The van der Waals surface area contributed by atoms with E-state index in [9.17, 15) is 18.0 Å². The number of methoxy groups -OCH3 is 1. The topological polar surface area (TPSA) is 64.1 Å². The van der Waals surface area contributed by atoms with Crippen LogP contribution in [0.25, 0.3) is 0 Å². The first-order valence-electron chi connectivity index (χ1n) is 5.63. The van der Waals surface area contributed by atoms with E-state index in [4.69, 9.17) is 0 Å². The van der Waals surface area contributed by atoms with Crippen LogP contribution < -0.4 is 5.32 Å². The van der Waals surface area contributed by atoms with Gasteiger partial charge in [0.1, 0.15) is 0 Å². The van der Waals surface area contributed by atoms with Crippen molar-refractivity contribution in [3.05, 3.63) is 18.0 Å². The van der Waals surface area contributed by atoms with E-state index in [-0.39, 0.29) is 23.9 Å². The predicted molar refractivity (Wildman–Crippen MR) is 59.2 cm³/mol. The van der Waals surface area contributed by atoms with Gasteiger partial charge in [0.05, 0.1) is 18.6 Å². The molecule has 0 bridgehead atoms. The van der Waals surface area contributed by atoms with Gasteiger partial charge in [0.15, 0.2) is 0 Å². The molecule has 1 aliphatic carbocycles. The number of carbonyl (C=O) groups excluding carboxylic acids is 1. The Hall–Kier alpha value is -1.86. The molecule has 0 saturated heterocycles. The third-order valence-corrected chi connectivity index (χ3v) is 2.98.